The van der Waals surface area contributed by atoms with Crippen molar-refractivity contribution < 1.29 is 0 Å². The third kappa shape index (κ3) is 1.02. The largest absolute Gasteiger partial charge is 0.311 e. The molecule has 0 aromatic rings. The van der Waals surface area contributed by atoms with E-state index in [-0.39, 0.29) is 12.1 Å². The summed E-state index contributed by atoms with van der Waals surface area (Å²) in [4.78, 5) is 1.44. The molecule has 0 aromatic heterocycles. The summed E-state index contributed by atoms with van der Waals surface area (Å²) in [5, 5.41) is 16.9. The van der Waals surface area contributed by atoms with E-state index in [0.29, 0.717) is 13.0 Å². The molecule has 4 heteroatoms. The number of rotatable bonds is 0. The Bertz CT molecular complexity index is 199. The molecule has 0 saturated carbocycles. The van der Waals surface area contributed by atoms with E-state index >= 15 is 0 Å². The summed E-state index contributed by atoms with van der Waals surface area (Å²) in [6.45, 7) is 0.494. The van der Waals surface area contributed by atoms with Gasteiger partial charge in [-0.05, 0) is 6.42 Å². The summed E-state index contributed by atoms with van der Waals surface area (Å²) in [7, 11) is 0. The van der Waals surface area contributed by atoms with Crippen molar-refractivity contribution in [2.75, 3.05) is 6.54 Å². The van der Waals surface area contributed by atoms with Crippen LogP contribution in [-0.2, 0) is 0 Å². The van der Waals surface area contributed by atoms with Crippen LogP contribution in [0.15, 0.2) is 0 Å². The molecule has 4 nitrogen and oxygen atoms in total. The van der Waals surface area contributed by atoms with E-state index in [4.69, 9.17) is 16.3 Å². The van der Waals surface area contributed by atoms with E-state index in [9.17, 15) is 0 Å². The summed E-state index contributed by atoms with van der Waals surface area (Å²) in [6, 6.07) is 2.09. The van der Waals surface area contributed by atoms with Gasteiger partial charge < -0.3 is 5.73 Å². The Morgan fingerprint density at radius 1 is 1.50 bits per heavy atom. The fourth-order valence-electron chi connectivity index (χ4n) is 1.07. The molecule has 52 valence electrons. The summed E-state index contributed by atoms with van der Waals surface area (Å²) >= 11 is 0. The lowest BCUT2D eigenvalue weighted by Crippen LogP contribution is -2.32. The van der Waals surface area contributed by atoms with Crippen LogP contribution >= 0.6 is 0 Å². The van der Waals surface area contributed by atoms with E-state index in [1.807, 2.05) is 6.19 Å². The Labute approximate surface area is 59.4 Å². The van der Waals surface area contributed by atoms with Gasteiger partial charge in [0.05, 0.1) is 18.2 Å². The smallest absolute Gasteiger partial charge is 0.180 e. The van der Waals surface area contributed by atoms with Gasteiger partial charge in [0, 0.05) is 6.54 Å². The van der Waals surface area contributed by atoms with Gasteiger partial charge in [0.25, 0.3) is 0 Å². The molecule has 2 atom stereocenters. The van der Waals surface area contributed by atoms with Crippen molar-refractivity contribution >= 4 is 0 Å². The third-order valence-corrected chi connectivity index (χ3v) is 1.65. The van der Waals surface area contributed by atoms with Gasteiger partial charge in [-0.25, -0.2) is 0 Å². The van der Waals surface area contributed by atoms with Crippen molar-refractivity contribution in [3.8, 4) is 12.3 Å². The molecule has 1 aliphatic rings. The van der Waals surface area contributed by atoms with Crippen LogP contribution in [0.3, 0.4) is 0 Å². The number of hydrogen-bond donors (Lipinski definition) is 1. The fourth-order valence-corrected chi connectivity index (χ4v) is 1.07. The maximum absolute atomic E-state index is 8.46. The Balaban J connectivity index is 2.56. The van der Waals surface area contributed by atoms with Gasteiger partial charge in [-0.15, -0.1) is 0 Å². The molecule has 0 amide bonds. The molecule has 0 spiro atoms. The second-order valence-electron chi connectivity index (χ2n) is 2.38. The average molecular weight is 136 g/mol. The summed E-state index contributed by atoms with van der Waals surface area (Å²) in [6.07, 6.45) is 2.31. The molecule has 2 N–H and O–H groups in total. The standard InChI is InChI=1S/C6H8N4/c7-2-5-1-6(9)10(3-5)4-8/h5-6H,1,3,9H2/t5-,6-/m0/s1. The van der Waals surface area contributed by atoms with Crippen molar-refractivity contribution in [2.24, 2.45) is 11.7 Å². The highest BCUT2D eigenvalue weighted by molar-refractivity contribution is 4.97. The first-order valence-corrected chi connectivity index (χ1v) is 3.09. The van der Waals surface area contributed by atoms with Gasteiger partial charge in [0.15, 0.2) is 6.19 Å². The lowest BCUT2D eigenvalue weighted by atomic mass is 10.1. The van der Waals surface area contributed by atoms with Crippen LogP contribution in [0.1, 0.15) is 6.42 Å². The number of nitrogens with zero attached hydrogens (tertiary/aromatic N) is 3. The molecule has 1 rings (SSSR count). The molecule has 0 aliphatic carbocycles. The highest BCUT2D eigenvalue weighted by Crippen LogP contribution is 2.17. The molecule has 0 radical (unpaired) electrons. The molecule has 1 aliphatic heterocycles. The molecular weight excluding hydrogens is 128 g/mol. The second kappa shape index (κ2) is 2.55. The molecule has 0 unspecified atom stereocenters. The molecule has 1 saturated heterocycles. The summed E-state index contributed by atoms with van der Waals surface area (Å²) in [5.41, 5.74) is 5.51. The number of nitriles is 2. The van der Waals surface area contributed by atoms with Crippen LogP contribution in [0.25, 0.3) is 0 Å². The topological polar surface area (TPSA) is 76.8 Å². The monoisotopic (exact) mass is 136 g/mol. The molecule has 1 fully saturated rings. The Kier molecular flexibility index (Phi) is 1.75. The lowest BCUT2D eigenvalue weighted by molar-refractivity contribution is 0.372. The zero-order chi connectivity index (χ0) is 7.56. The number of nitrogens with two attached hydrogens (primary N) is 1. The van der Waals surface area contributed by atoms with Crippen molar-refractivity contribution in [2.45, 2.75) is 12.6 Å². The zero-order valence-corrected chi connectivity index (χ0v) is 5.49. The Hall–Kier alpha value is -1.26. The van der Waals surface area contributed by atoms with Crippen LogP contribution in [0.2, 0.25) is 0 Å². The average Bonchev–Trinajstić information content (AvgIpc) is 2.30. The van der Waals surface area contributed by atoms with Gasteiger partial charge >= 0.3 is 0 Å². The maximum atomic E-state index is 8.46. The van der Waals surface area contributed by atoms with E-state index in [0.717, 1.165) is 0 Å². The van der Waals surface area contributed by atoms with Gasteiger partial charge in [0.2, 0.25) is 0 Å². The van der Waals surface area contributed by atoms with E-state index < -0.39 is 0 Å². The van der Waals surface area contributed by atoms with Crippen molar-refractivity contribution in [3.05, 3.63) is 0 Å². The minimum absolute atomic E-state index is 0.0605. The predicted octanol–water partition coefficient (Wildman–Crippen LogP) is -0.402. The van der Waals surface area contributed by atoms with Gasteiger partial charge in [-0.2, -0.15) is 10.5 Å². The number of hydrogen-bond acceptors (Lipinski definition) is 4. The van der Waals surface area contributed by atoms with Crippen LogP contribution < -0.4 is 5.73 Å². The van der Waals surface area contributed by atoms with Crippen LogP contribution in [0.4, 0.5) is 0 Å². The number of likely N-dealkylation sites (tertiary alicyclic amines) is 1. The van der Waals surface area contributed by atoms with Gasteiger partial charge in [-0.1, -0.05) is 0 Å². The van der Waals surface area contributed by atoms with Gasteiger partial charge in [-0.3, -0.25) is 4.90 Å². The minimum atomic E-state index is -0.241. The minimum Gasteiger partial charge on any atom is -0.311 e. The molecule has 0 bridgehead atoms. The van der Waals surface area contributed by atoms with Crippen LogP contribution in [-0.4, -0.2) is 17.6 Å². The second-order valence-corrected chi connectivity index (χ2v) is 2.38. The van der Waals surface area contributed by atoms with E-state index in [1.54, 1.807) is 0 Å². The predicted molar refractivity (Wildman–Crippen MR) is 34.0 cm³/mol. The Morgan fingerprint density at radius 3 is 2.50 bits per heavy atom. The maximum Gasteiger partial charge on any atom is 0.180 e. The van der Waals surface area contributed by atoms with Crippen molar-refractivity contribution in [1.29, 1.82) is 10.5 Å². The zero-order valence-electron chi connectivity index (χ0n) is 5.49. The molecule has 0 aromatic carbocycles. The van der Waals surface area contributed by atoms with Gasteiger partial charge in [0.1, 0.15) is 0 Å². The third-order valence-electron chi connectivity index (χ3n) is 1.65. The van der Waals surface area contributed by atoms with Crippen molar-refractivity contribution in [1.82, 2.24) is 4.90 Å². The first-order valence-electron chi connectivity index (χ1n) is 3.09. The summed E-state index contributed by atoms with van der Waals surface area (Å²) in [5.74, 6) is -0.0605. The van der Waals surface area contributed by atoms with E-state index in [1.165, 1.54) is 4.90 Å². The SMILES string of the molecule is N#C[C@@H]1C[C@@H](N)N(C#N)C1. The molecule has 1 heterocycles. The normalized spacial score (nSPS) is 31.3. The lowest BCUT2D eigenvalue weighted by Gasteiger charge is -2.10. The quantitative estimate of drug-likeness (QED) is 0.459. The Morgan fingerprint density at radius 2 is 2.20 bits per heavy atom. The first-order chi connectivity index (χ1) is 4.77. The molecule has 10 heavy (non-hydrogen) atoms. The highest BCUT2D eigenvalue weighted by Gasteiger charge is 2.28. The first kappa shape index (κ1) is 6.85. The van der Waals surface area contributed by atoms with E-state index in [2.05, 4.69) is 6.07 Å². The highest BCUT2D eigenvalue weighted by atomic mass is 15.2. The van der Waals surface area contributed by atoms with Crippen LogP contribution in [0.5, 0.6) is 0 Å². The van der Waals surface area contributed by atoms with Crippen molar-refractivity contribution in [3.63, 3.8) is 0 Å². The van der Waals surface area contributed by atoms with Crippen LogP contribution in [0, 0.1) is 28.7 Å². The molecular formula is C6H8N4. The summed E-state index contributed by atoms with van der Waals surface area (Å²) < 4.78 is 0. The fraction of sp³-hybridized carbons (Fsp3) is 0.667.